The number of carbonyl (C=O) groups excluding carboxylic acids is 1. The Morgan fingerprint density at radius 2 is 1.94 bits per heavy atom. The van der Waals surface area contributed by atoms with Gasteiger partial charge in [0.05, 0.1) is 5.56 Å². The summed E-state index contributed by atoms with van der Waals surface area (Å²) in [4.78, 5) is 11.2. The molecule has 0 aromatic carbocycles. The molecule has 0 spiro atoms. The minimum absolute atomic E-state index is 0.0758. The molecule has 7 heteroatoms. The summed E-state index contributed by atoms with van der Waals surface area (Å²) >= 11 is 1.05. The number of sulfonamides is 1. The van der Waals surface area contributed by atoms with Crippen molar-refractivity contribution in [3.8, 4) is 0 Å². The molecule has 0 unspecified atom stereocenters. The predicted molar refractivity (Wildman–Crippen MR) is 65.4 cm³/mol. The van der Waals surface area contributed by atoms with Crippen LogP contribution in [0.5, 0.6) is 0 Å². The molecule has 1 amide bonds. The number of hydrogen-bond acceptors (Lipinski definition) is 4. The van der Waals surface area contributed by atoms with E-state index in [2.05, 4.69) is 0 Å². The largest absolute Gasteiger partial charge is 0.366 e. The van der Waals surface area contributed by atoms with Crippen LogP contribution in [0.15, 0.2) is 15.7 Å². The van der Waals surface area contributed by atoms with Gasteiger partial charge in [0.15, 0.2) is 0 Å². The van der Waals surface area contributed by atoms with Crippen molar-refractivity contribution in [2.24, 2.45) is 5.73 Å². The fourth-order valence-electron chi connectivity index (χ4n) is 1.90. The van der Waals surface area contributed by atoms with Gasteiger partial charge in [0.25, 0.3) is 15.9 Å². The topological polar surface area (TPSA) is 80.5 Å². The highest BCUT2D eigenvalue weighted by Crippen LogP contribution is 2.27. The highest BCUT2D eigenvalue weighted by molar-refractivity contribution is 7.91. The Kier molecular flexibility index (Phi) is 3.50. The van der Waals surface area contributed by atoms with Crippen LogP contribution < -0.4 is 5.73 Å². The summed E-state index contributed by atoms with van der Waals surface area (Å²) in [5.74, 6) is -0.693. The number of thiophene rings is 1. The van der Waals surface area contributed by atoms with Crippen molar-refractivity contribution in [3.63, 3.8) is 0 Å². The summed E-state index contributed by atoms with van der Waals surface area (Å²) in [6.45, 7) is 1.05. The molecule has 2 rings (SSSR count). The lowest BCUT2D eigenvalue weighted by Gasteiger charge is -2.25. The van der Waals surface area contributed by atoms with E-state index in [4.69, 9.17) is 5.73 Å². The van der Waals surface area contributed by atoms with Gasteiger partial charge in [-0.25, -0.2) is 8.42 Å². The van der Waals surface area contributed by atoms with Crippen molar-refractivity contribution in [1.29, 1.82) is 0 Å². The maximum absolute atomic E-state index is 12.3. The van der Waals surface area contributed by atoms with Crippen LogP contribution in [0.1, 0.15) is 29.6 Å². The smallest absolute Gasteiger partial charge is 0.253 e. The Balaban J connectivity index is 2.37. The first-order valence-corrected chi connectivity index (χ1v) is 7.73. The van der Waals surface area contributed by atoms with E-state index in [0.717, 1.165) is 30.6 Å². The van der Waals surface area contributed by atoms with Gasteiger partial charge in [-0.3, -0.25) is 4.79 Å². The number of primary amides is 1. The lowest BCUT2D eigenvalue weighted by Crippen LogP contribution is -2.36. The number of piperidine rings is 1. The summed E-state index contributed by atoms with van der Waals surface area (Å²) in [6.07, 6.45) is 2.80. The molecule has 1 aromatic rings. The molecule has 17 heavy (non-hydrogen) atoms. The SMILES string of the molecule is NC(=O)c1ccsc1S(=O)(=O)N1CCCCC1. The summed E-state index contributed by atoms with van der Waals surface area (Å²) in [5.41, 5.74) is 5.27. The van der Waals surface area contributed by atoms with E-state index in [1.807, 2.05) is 0 Å². The molecule has 0 saturated carbocycles. The zero-order valence-electron chi connectivity index (χ0n) is 9.26. The first-order valence-electron chi connectivity index (χ1n) is 5.41. The van der Waals surface area contributed by atoms with Crippen molar-refractivity contribution in [3.05, 3.63) is 17.0 Å². The Morgan fingerprint density at radius 3 is 2.53 bits per heavy atom. The van der Waals surface area contributed by atoms with Crippen LogP contribution in [-0.2, 0) is 10.0 Å². The highest BCUT2D eigenvalue weighted by Gasteiger charge is 2.30. The van der Waals surface area contributed by atoms with E-state index in [1.54, 1.807) is 5.38 Å². The van der Waals surface area contributed by atoms with Crippen molar-refractivity contribution in [1.82, 2.24) is 4.31 Å². The standard InChI is InChI=1S/C10H14N2O3S2/c11-9(13)8-4-7-16-10(8)17(14,15)12-5-2-1-3-6-12/h4,7H,1-3,5-6H2,(H2,11,13). The number of amides is 1. The number of nitrogens with two attached hydrogens (primary N) is 1. The van der Waals surface area contributed by atoms with Crippen molar-refractivity contribution < 1.29 is 13.2 Å². The predicted octanol–water partition coefficient (Wildman–Crippen LogP) is 1.02. The van der Waals surface area contributed by atoms with E-state index in [0.29, 0.717) is 13.1 Å². The minimum Gasteiger partial charge on any atom is -0.366 e. The van der Waals surface area contributed by atoms with Crippen LogP contribution in [0.25, 0.3) is 0 Å². The summed E-state index contributed by atoms with van der Waals surface area (Å²) in [7, 11) is -3.54. The van der Waals surface area contributed by atoms with Gasteiger partial charge in [0.2, 0.25) is 0 Å². The molecule has 0 radical (unpaired) electrons. The third-order valence-electron chi connectivity index (χ3n) is 2.78. The van der Waals surface area contributed by atoms with Crippen LogP contribution in [0.4, 0.5) is 0 Å². The number of hydrogen-bond donors (Lipinski definition) is 1. The quantitative estimate of drug-likeness (QED) is 0.893. The average molecular weight is 274 g/mol. The van der Waals surface area contributed by atoms with Crippen LogP contribution in [-0.4, -0.2) is 31.7 Å². The van der Waals surface area contributed by atoms with E-state index in [9.17, 15) is 13.2 Å². The van der Waals surface area contributed by atoms with Crippen molar-refractivity contribution in [2.45, 2.75) is 23.5 Å². The molecular formula is C10H14N2O3S2. The van der Waals surface area contributed by atoms with E-state index < -0.39 is 15.9 Å². The van der Waals surface area contributed by atoms with Crippen molar-refractivity contribution >= 4 is 27.3 Å². The van der Waals surface area contributed by atoms with E-state index in [1.165, 1.54) is 10.4 Å². The maximum atomic E-state index is 12.3. The van der Waals surface area contributed by atoms with Crippen LogP contribution in [0.3, 0.4) is 0 Å². The molecule has 94 valence electrons. The first kappa shape index (κ1) is 12.5. The molecule has 1 fully saturated rings. The molecule has 0 atom stereocenters. The molecular weight excluding hydrogens is 260 g/mol. The Hall–Kier alpha value is -0.920. The molecule has 2 N–H and O–H groups in total. The molecule has 1 aliphatic heterocycles. The van der Waals surface area contributed by atoms with Gasteiger partial charge in [-0.15, -0.1) is 11.3 Å². The van der Waals surface area contributed by atoms with Crippen molar-refractivity contribution in [2.75, 3.05) is 13.1 Å². The first-order chi connectivity index (χ1) is 8.03. The Bertz CT molecular complexity index is 515. The second kappa shape index (κ2) is 4.75. The van der Waals surface area contributed by atoms with Gasteiger partial charge in [-0.2, -0.15) is 4.31 Å². The molecule has 1 saturated heterocycles. The Labute approximate surface area is 104 Å². The normalized spacial score (nSPS) is 18.1. The minimum atomic E-state index is -3.54. The van der Waals surface area contributed by atoms with Gasteiger partial charge in [-0.1, -0.05) is 6.42 Å². The van der Waals surface area contributed by atoms with Gasteiger partial charge in [0, 0.05) is 13.1 Å². The Morgan fingerprint density at radius 1 is 1.29 bits per heavy atom. The fourth-order valence-corrected chi connectivity index (χ4v) is 4.91. The number of rotatable bonds is 3. The van der Waals surface area contributed by atoms with Gasteiger partial charge in [0.1, 0.15) is 4.21 Å². The fraction of sp³-hybridized carbons (Fsp3) is 0.500. The van der Waals surface area contributed by atoms with Gasteiger partial charge < -0.3 is 5.73 Å². The summed E-state index contributed by atoms with van der Waals surface area (Å²) in [6, 6.07) is 1.46. The highest BCUT2D eigenvalue weighted by atomic mass is 32.2. The molecule has 0 bridgehead atoms. The lowest BCUT2D eigenvalue weighted by atomic mass is 10.2. The van der Waals surface area contributed by atoms with Crippen LogP contribution >= 0.6 is 11.3 Å². The summed E-state index contributed by atoms with van der Waals surface area (Å²) < 4.78 is 26.1. The maximum Gasteiger partial charge on any atom is 0.253 e. The van der Waals surface area contributed by atoms with Gasteiger partial charge in [-0.05, 0) is 24.3 Å². The zero-order chi connectivity index (χ0) is 12.5. The lowest BCUT2D eigenvalue weighted by molar-refractivity contribution is 0.0998. The summed E-state index contributed by atoms with van der Waals surface area (Å²) in [5, 5.41) is 1.58. The second-order valence-electron chi connectivity index (χ2n) is 3.95. The zero-order valence-corrected chi connectivity index (χ0v) is 10.9. The third kappa shape index (κ3) is 2.36. The van der Waals surface area contributed by atoms with Gasteiger partial charge >= 0.3 is 0 Å². The van der Waals surface area contributed by atoms with E-state index in [-0.39, 0.29) is 9.77 Å². The third-order valence-corrected chi connectivity index (χ3v) is 6.14. The number of carbonyl (C=O) groups is 1. The van der Waals surface area contributed by atoms with E-state index >= 15 is 0 Å². The molecule has 5 nitrogen and oxygen atoms in total. The molecule has 1 aliphatic rings. The second-order valence-corrected chi connectivity index (χ2v) is 7.00. The molecule has 1 aromatic heterocycles. The van der Waals surface area contributed by atoms with Crippen LogP contribution in [0.2, 0.25) is 0 Å². The molecule has 2 heterocycles. The molecule has 0 aliphatic carbocycles. The monoisotopic (exact) mass is 274 g/mol. The number of nitrogens with zero attached hydrogens (tertiary/aromatic N) is 1. The average Bonchev–Trinajstić information content (AvgIpc) is 2.80. The van der Waals surface area contributed by atoms with Crippen LogP contribution in [0, 0.1) is 0 Å².